The number of fused-ring (bicyclic) bond motifs is 1. The van der Waals surface area contributed by atoms with Gasteiger partial charge in [-0.1, -0.05) is 12.2 Å². The van der Waals surface area contributed by atoms with Crippen molar-refractivity contribution in [3.63, 3.8) is 0 Å². The summed E-state index contributed by atoms with van der Waals surface area (Å²) < 4.78 is 0. The Hall–Kier alpha value is -2.03. The molecule has 0 saturated heterocycles. The minimum atomic E-state index is 0.492. The van der Waals surface area contributed by atoms with Crippen molar-refractivity contribution in [3.05, 3.63) is 42.6 Å². The number of hydrogen-bond donors (Lipinski definition) is 2. The second-order valence-corrected chi connectivity index (χ2v) is 4.72. The van der Waals surface area contributed by atoms with Crippen LogP contribution < -0.4 is 11.1 Å². The number of aromatic nitrogens is 1. The van der Waals surface area contributed by atoms with Gasteiger partial charge in [0.25, 0.3) is 0 Å². The molecular formula is C15H17N3. The van der Waals surface area contributed by atoms with Gasteiger partial charge >= 0.3 is 0 Å². The third-order valence-corrected chi connectivity index (χ3v) is 3.46. The molecule has 3 N–H and O–H groups in total. The maximum absolute atomic E-state index is 6.22. The molecule has 1 aliphatic carbocycles. The van der Waals surface area contributed by atoms with Crippen LogP contribution in [-0.4, -0.2) is 11.0 Å². The number of nitrogens with two attached hydrogens (primary N) is 1. The lowest BCUT2D eigenvalue weighted by Gasteiger charge is -2.22. The molecule has 0 radical (unpaired) electrons. The molecule has 0 fully saturated rings. The Morgan fingerprint density at radius 2 is 2.17 bits per heavy atom. The normalized spacial score (nSPS) is 19.0. The smallest absolute Gasteiger partial charge is 0.0724 e. The molecule has 1 aliphatic rings. The van der Waals surface area contributed by atoms with Gasteiger partial charge in [0.1, 0.15) is 0 Å². The highest BCUT2D eigenvalue weighted by molar-refractivity contribution is 5.96. The summed E-state index contributed by atoms with van der Waals surface area (Å²) in [6, 6.07) is 8.48. The number of allylic oxidation sites excluding steroid dienone is 1. The fraction of sp³-hybridized carbons (Fsp3) is 0.267. The molecule has 1 aromatic heterocycles. The lowest BCUT2D eigenvalue weighted by atomic mass is 10.0. The van der Waals surface area contributed by atoms with Crippen LogP contribution in [0.15, 0.2) is 42.6 Å². The third-order valence-electron chi connectivity index (χ3n) is 3.46. The minimum absolute atomic E-state index is 0.492. The van der Waals surface area contributed by atoms with E-state index in [0.717, 1.165) is 35.1 Å². The predicted octanol–water partition coefficient (Wildman–Crippen LogP) is 3.34. The quantitative estimate of drug-likeness (QED) is 0.624. The van der Waals surface area contributed by atoms with Crippen molar-refractivity contribution in [2.24, 2.45) is 0 Å². The average Bonchev–Trinajstić information content (AvgIpc) is 2.43. The Morgan fingerprint density at radius 3 is 3.00 bits per heavy atom. The van der Waals surface area contributed by atoms with Crippen LogP contribution in [0.3, 0.4) is 0 Å². The first kappa shape index (κ1) is 11.1. The van der Waals surface area contributed by atoms with Crippen LogP contribution in [0.2, 0.25) is 0 Å². The molecule has 3 nitrogen and oxygen atoms in total. The number of pyridine rings is 1. The maximum atomic E-state index is 6.22. The molecular weight excluding hydrogens is 222 g/mol. The lowest BCUT2D eigenvalue weighted by Crippen LogP contribution is -2.20. The summed E-state index contributed by atoms with van der Waals surface area (Å²) in [5, 5.41) is 4.56. The second kappa shape index (κ2) is 4.69. The van der Waals surface area contributed by atoms with Crippen LogP contribution in [0.4, 0.5) is 11.4 Å². The van der Waals surface area contributed by atoms with E-state index in [1.54, 1.807) is 6.20 Å². The zero-order chi connectivity index (χ0) is 12.4. The van der Waals surface area contributed by atoms with Crippen LogP contribution in [0, 0.1) is 0 Å². The van der Waals surface area contributed by atoms with Gasteiger partial charge in [-0.15, -0.1) is 0 Å². The summed E-state index contributed by atoms with van der Waals surface area (Å²) in [4.78, 5) is 4.31. The first-order chi connectivity index (χ1) is 8.84. The maximum Gasteiger partial charge on any atom is 0.0724 e. The van der Waals surface area contributed by atoms with E-state index in [-0.39, 0.29) is 0 Å². The van der Waals surface area contributed by atoms with Gasteiger partial charge in [0.05, 0.1) is 16.9 Å². The number of hydrogen-bond acceptors (Lipinski definition) is 3. The molecule has 0 aliphatic heterocycles. The van der Waals surface area contributed by atoms with Gasteiger partial charge < -0.3 is 11.1 Å². The minimum Gasteiger partial charge on any atom is -0.397 e. The highest BCUT2D eigenvalue weighted by Crippen LogP contribution is 2.29. The third kappa shape index (κ3) is 2.04. The zero-order valence-corrected chi connectivity index (χ0v) is 10.3. The molecule has 1 unspecified atom stereocenters. The van der Waals surface area contributed by atoms with Crippen LogP contribution in [0.5, 0.6) is 0 Å². The first-order valence-electron chi connectivity index (χ1n) is 6.39. The number of nitrogens with one attached hydrogen (secondary N) is 1. The molecule has 0 spiro atoms. The van der Waals surface area contributed by atoms with Crippen molar-refractivity contribution >= 4 is 22.3 Å². The van der Waals surface area contributed by atoms with Crippen molar-refractivity contribution in [1.82, 2.24) is 4.98 Å². The summed E-state index contributed by atoms with van der Waals surface area (Å²) in [6.07, 6.45) is 9.66. The Morgan fingerprint density at radius 1 is 1.22 bits per heavy atom. The van der Waals surface area contributed by atoms with E-state index in [9.17, 15) is 0 Å². The van der Waals surface area contributed by atoms with Crippen molar-refractivity contribution < 1.29 is 0 Å². The van der Waals surface area contributed by atoms with E-state index in [1.807, 2.05) is 24.3 Å². The second-order valence-electron chi connectivity index (χ2n) is 4.72. The van der Waals surface area contributed by atoms with Gasteiger partial charge in [-0.3, -0.25) is 4.98 Å². The molecule has 1 heterocycles. The summed E-state index contributed by atoms with van der Waals surface area (Å²) in [5.41, 5.74) is 8.99. The zero-order valence-electron chi connectivity index (χ0n) is 10.3. The van der Waals surface area contributed by atoms with Gasteiger partial charge in [-0.05, 0) is 43.5 Å². The molecule has 18 heavy (non-hydrogen) atoms. The van der Waals surface area contributed by atoms with Crippen LogP contribution in [-0.2, 0) is 0 Å². The highest BCUT2D eigenvalue weighted by Gasteiger charge is 2.12. The van der Waals surface area contributed by atoms with E-state index < -0.39 is 0 Å². The van der Waals surface area contributed by atoms with Gasteiger partial charge in [-0.25, -0.2) is 0 Å². The van der Waals surface area contributed by atoms with E-state index in [1.165, 1.54) is 6.42 Å². The number of anilines is 2. The van der Waals surface area contributed by atoms with Crippen molar-refractivity contribution in [2.45, 2.75) is 25.3 Å². The van der Waals surface area contributed by atoms with Gasteiger partial charge in [0.15, 0.2) is 0 Å². The van der Waals surface area contributed by atoms with Crippen LogP contribution >= 0.6 is 0 Å². The largest absolute Gasteiger partial charge is 0.397 e. The summed E-state index contributed by atoms with van der Waals surface area (Å²) >= 11 is 0. The molecule has 1 aromatic carbocycles. The first-order valence-corrected chi connectivity index (χ1v) is 6.39. The highest BCUT2D eigenvalue weighted by atomic mass is 14.9. The average molecular weight is 239 g/mol. The van der Waals surface area contributed by atoms with E-state index in [4.69, 9.17) is 5.73 Å². The molecule has 0 saturated carbocycles. The monoisotopic (exact) mass is 239 g/mol. The summed E-state index contributed by atoms with van der Waals surface area (Å²) in [5.74, 6) is 0. The molecule has 2 aromatic rings. The SMILES string of the molecule is Nc1c(NC2CC=CCC2)ccc2ncccc12. The molecule has 3 rings (SSSR count). The van der Waals surface area contributed by atoms with Crippen molar-refractivity contribution in [1.29, 1.82) is 0 Å². The topological polar surface area (TPSA) is 50.9 Å². The fourth-order valence-electron chi connectivity index (χ4n) is 2.45. The van der Waals surface area contributed by atoms with Gasteiger partial charge in [0.2, 0.25) is 0 Å². The number of nitrogen functional groups attached to an aromatic ring is 1. The molecule has 1 atom stereocenters. The Bertz CT molecular complexity index is 589. The number of benzene rings is 1. The van der Waals surface area contributed by atoms with Crippen molar-refractivity contribution in [3.8, 4) is 0 Å². The number of nitrogens with zero attached hydrogens (tertiary/aromatic N) is 1. The molecule has 0 bridgehead atoms. The van der Waals surface area contributed by atoms with Crippen LogP contribution in [0.1, 0.15) is 19.3 Å². The number of rotatable bonds is 2. The van der Waals surface area contributed by atoms with Crippen molar-refractivity contribution in [2.75, 3.05) is 11.1 Å². The van der Waals surface area contributed by atoms with E-state index in [2.05, 4.69) is 22.5 Å². The van der Waals surface area contributed by atoms with E-state index in [0.29, 0.717) is 6.04 Å². The predicted molar refractivity (Wildman–Crippen MR) is 76.6 cm³/mol. The standard InChI is InChI=1S/C15H17N3/c16-15-12-7-4-10-17-13(12)8-9-14(15)18-11-5-2-1-3-6-11/h1-2,4,7-11,18H,3,5-6,16H2. The molecule has 92 valence electrons. The van der Waals surface area contributed by atoms with Crippen LogP contribution in [0.25, 0.3) is 10.9 Å². The Kier molecular flexibility index (Phi) is 2.89. The van der Waals surface area contributed by atoms with Gasteiger partial charge in [0, 0.05) is 17.6 Å². The summed E-state index contributed by atoms with van der Waals surface area (Å²) in [6.45, 7) is 0. The van der Waals surface area contributed by atoms with E-state index >= 15 is 0 Å². The lowest BCUT2D eigenvalue weighted by molar-refractivity contribution is 0.645. The summed E-state index contributed by atoms with van der Waals surface area (Å²) in [7, 11) is 0. The Balaban J connectivity index is 1.92. The fourth-order valence-corrected chi connectivity index (χ4v) is 2.45. The van der Waals surface area contributed by atoms with Gasteiger partial charge in [-0.2, -0.15) is 0 Å². The Labute approximate surface area is 107 Å². The molecule has 0 amide bonds. The molecule has 3 heteroatoms.